The summed E-state index contributed by atoms with van der Waals surface area (Å²) in [5.74, 6) is 1.90. The first-order valence-corrected chi connectivity index (χ1v) is 10.1. The van der Waals surface area contributed by atoms with E-state index in [0.29, 0.717) is 0 Å². The van der Waals surface area contributed by atoms with E-state index in [1.807, 2.05) is 30.3 Å². The lowest BCUT2D eigenvalue weighted by molar-refractivity contribution is 0.590. The highest BCUT2D eigenvalue weighted by atomic mass is 79.9. The molecule has 0 saturated carbocycles. The van der Waals surface area contributed by atoms with Crippen molar-refractivity contribution in [3.05, 3.63) is 93.4 Å². The first-order chi connectivity index (χ1) is 13.2. The summed E-state index contributed by atoms with van der Waals surface area (Å²) in [7, 11) is 0. The van der Waals surface area contributed by atoms with Crippen LogP contribution in [0.1, 0.15) is 11.1 Å². The molecule has 0 amide bonds. The fraction of sp³-hybridized carbons (Fsp3) is 0.0833. The maximum Gasteiger partial charge on any atom is 0.142 e. The SMILES string of the molecule is Clc1cccc(-c2c(-c3ccc(Br)cc3)oc3c2CCc2ccccc2-3)c1. The van der Waals surface area contributed by atoms with E-state index in [-0.39, 0.29) is 0 Å². The van der Waals surface area contributed by atoms with Gasteiger partial charge in [0.1, 0.15) is 11.5 Å². The second kappa shape index (κ2) is 6.70. The summed E-state index contributed by atoms with van der Waals surface area (Å²) in [5.41, 5.74) is 7.15. The zero-order chi connectivity index (χ0) is 18.4. The maximum absolute atomic E-state index is 6.53. The molecule has 1 aliphatic rings. The predicted molar refractivity (Wildman–Crippen MR) is 115 cm³/mol. The second-order valence-electron chi connectivity index (χ2n) is 6.79. The maximum atomic E-state index is 6.53. The second-order valence-corrected chi connectivity index (χ2v) is 8.14. The highest BCUT2D eigenvalue weighted by Gasteiger charge is 2.27. The topological polar surface area (TPSA) is 13.1 Å². The van der Waals surface area contributed by atoms with Crippen molar-refractivity contribution < 1.29 is 4.42 Å². The van der Waals surface area contributed by atoms with Crippen LogP contribution in [0.3, 0.4) is 0 Å². The Hall–Kier alpha value is -2.29. The summed E-state index contributed by atoms with van der Waals surface area (Å²) in [4.78, 5) is 0. The lowest BCUT2D eigenvalue weighted by Crippen LogP contribution is -2.02. The monoisotopic (exact) mass is 434 g/mol. The third-order valence-corrected chi connectivity index (χ3v) is 5.90. The van der Waals surface area contributed by atoms with Gasteiger partial charge in [0.15, 0.2) is 0 Å². The van der Waals surface area contributed by atoms with E-state index in [9.17, 15) is 0 Å². The lowest BCUT2D eigenvalue weighted by atomic mass is 9.86. The lowest BCUT2D eigenvalue weighted by Gasteiger charge is -2.15. The molecule has 27 heavy (non-hydrogen) atoms. The zero-order valence-corrected chi connectivity index (χ0v) is 16.8. The molecular formula is C24H16BrClO. The molecule has 0 unspecified atom stereocenters. The number of benzene rings is 3. The normalized spacial score (nSPS) is 12.5. The molecule has 0 atom stereocenters. The minimum Gasteiger partial charge on any atom is -0.455 e. The van der Waals surface area contributed by atoms with Gasteiger partial charge in [-0.25, -0.2) is 0 Å². The van der Waals surface area contributed by atoms with Gasteiger partial charge in [0, 0.05) is 31.7 Å². The van der Waals surface area contributed by atoms with E-state index in [0.717, 1.165) is 50.5 Å². The average molecular weight is 436 g/mol. The molecule has 1 nitrogen and oxygen atoms in total. The summed E-state index contributed by atoms with van der Waals surface area (Å²) >= 11 is 9.83. The number of fused-ring (bicyclic) bond motifs is 3. The quantitative estimate of drug-likeness (QED) is 0.313. The highest BCUT2D eigenvalue weighted by molar-refractivity contribution is 9.10. The van der Waals surface area contributed by atoms with Gasteiger partial charge in [0.25, 0.3) is 0 Å². The van der Waals surface area contributed by atoms with Crippen LogP contribution in [0.4, 0.5) is 0 Å². The molecule has 0 fully saturated rings. The molecule has 4 aromatic rings. The number of rotatable bonds is 2. The Bertz CT molecular complexity index is 1140. The fourth-order valence-corrected chi connectivity index (χ4v) is 4.35. The van der Waals surface area contributed by atoms with E-state index in [1.165, 1.54) is 16.7 Å². The molecule has 132 valence electrons. The molecule has 3 aromatic carbocycles. The van der Waals surface area contributed by atoms with Crippen LogP contribution in [-0.4, -0.2) is 0 Å². The fourth-order valence-electron chi connectivity index (χ4n) is 3.89. The Balaban J connectivity index is 1.80. The Morgan fingerprint density at radius 1 is 0.778 bits per heavy atom. The largest absolute Gasteiger partial charge is 0.455 e. The van der Waals surface area contributed by atoms with Crippen LogP contribution in [0.25, 0.3) is 33.8 Å². The summed E-state index contributed by atoms with van der Waals surface area (Å²) in [6.07, 6.45) is 1.99. The summed E-state index contributed by atoms with van der Waals surface area (Å²) in [6, 6.07) is 24.8. The number of furan rings is 1. The third-order valence-electron chi connectivity index (χ3n) is 5.13. The molecular weight excluding hydrogens is 420 g/mol. The van der Waals surface area contributed by atoms with Crippen molar-refractivity contribution in [1.29, 1.82) is 0 Å². The van der Waals surface area contributed by atoms with Gasteiger partial charge in [-0.15, -0.1) is 0 Å². The third kappa shape index (κ3) is 2.93. The zero-order valence-electron chi connectivity index (χ0n) is 14.5. The molecule has 0 bridgehead atoms. The Morgan fingerprint density at radius 2 is 1.59 bits per heavy atom. The number of aryl methyl sites for hydroxylation is 1. The van der Waals surface area contributed by atoms with Crippen LogP contribution < -0.4 is 0 Å². The van der Waals surface area contributed by atoms with Gasteiger partial charge in [0.2, 0.25) is 0 Å². The first-order valence-electron chi connectivity index (χ1n) is 8.96. The molecule has 0 N–H and O–H groups in total. The van der Waals surface area contributed by atoms with Crippen LogP contribution in [0.15, 0.2) is 81.7 Å². The van der Waals surface area contributed by atoms with Crippen molar-refractivity contribution in [2.75, 3.05) is 0 Å². The van der Waals surface area contributed by atoms with Crippen LogP contribution in [-0.2, 0) is 12.8 Å². The van der Waals surface area contributed by atoms with E-state index in [4.69, 9.17) is 16.0 Å². The van der Waals surface area contributed by atoms with E-state index >= 15 is 0 Å². The van der Waals surface area contributed by atoms with Gasteiger partial charge in [-0.1, -0.05) is 76.1 Å². The van der Waals surface area contributed by atoms with Crippen molar-refractivity contribution in [2.45, 2.75) is 12.8 Å². The van der Waals surface area contributed by atoms with Gasteiger partial charge in [-0.05, 0) is 48.2 Å². The molecule has 1 aromatic heterocycles. The Kier molecular flexibility index (Phi) is 4.18. The van der Waals surface area contributed by atoms with E-state index in [1.54, 1.807) is 0 Å². The molecule has 3 heteroatoms. The van der Waals surface area contributed by atoms with Crippen LogP contribution in [0, 0.1) is 0 Å². The number of hydrogen-bond donors (Lipinski definition) is 0. The molecule has 1 aliphatic carbocycles. The van der Waals surface area contributed by atoms with Gasteiger partial charge < -0.3 is 4.42 Å². The predicted octanol–water partition coefficient (Wildman–Crippen LogP) is 7.80. The molecule has 1 heterocycles. The van der Waals surface area contributed by atoms with E-state index in [2.05, 4.69) is 58.4 Å². The van der Waals surface area contributed by atoms with E-state index < -0.39 is 0 Å². The Labute approximate surface area is 171 Å². The minimum atomic E-state index is 0.736. The van der Waals surface area contributed by atoms with Crippen LogP contribution in [0.2, 0.25) is 5.02 Å². The van der Waals surface area contributed by atoms with Gasteiger partial charge in [-0.2, -0.15) is 0 Å². The average Bonchev–Trinajstić information content (AvgIpc) is 3.08. The van der Waals surface area contributed by atoms with Crippen molar-refractivity contribution in [3.8, 4) is 33.8 Å². The van der Waals surface area contributed by atoms with Gasteiger partial charge in [-0.3, -0.25) is 0 Å². The molecule has 5 rings (SSSR count). The van der Waals surface area contributed by atoms with Crippen LogP contribution >= 0.6 is 27.5 Å². The van der Waals surface area contributed by atoms with Crippen molar-refractivity contribution in [1.82, 2.24) is 0 Å². The van der Waals surface area contributed by atoms with Gasteiger partial charge in [0.05, 0.1) is 0 Å². The summed E-state index contributed by atoms with van der Waals surface area (Å²) < 4.78 is 7.58. The first kappa shape index (κ1) is 16.9. The molecule has 0 aliphatic heterocycles. The number of halogens is 2. The van der Waals surface area contributed by atoms with Crippen molar-refractivity contribution >= 4 is 27.5 Å². The highest BCUT2D eigenvalue weighted by Crippen LogP contribution is 2.47. The summed E-state index contributed by atoms with van der Waals surface area (Å²) in [6.45, 7) is 0. The molecule has 0 saturated heterocycles. The smallest absolute Gasteiger partial charge is 0.142 e. The minimum absolute atomic E-state index is 0.736. The van der Waals surface area contributed by atoms with Crippen molar-refractivity contribution in [3.63, 3.8) is 0 Å². The molecule has 0 spiro atoms. The van der Waals surface area contributed by atoms with Crippen molar-refractivity contribution in [2.24, 2.45) is 0 Å². The van der Waals surface area contributed by atoms with Gasteiger partial charge >= 0.3 is 0 Å². The standard InChI is InChI=1S/C24H16BrClO/c25-18-11-8-16(9-12-18)23-22(17-5-3-6-19(26)14-17)21-13-10-15-4-1-2-7-20(15)24(21)27-23/h1-9,11-12,14H,10,13H2. The Morgan fingerprint density at radius 3 is 2.41 bits per heavy atom. The number of hydrogen-bond acceptors (Lipinski definition) is 1. The molecule has 0 radical (unpaired) electrons. The van der Waals surface area contributed by atoms with Crippen LogP contribution in [0.5, 0.6) is 0 Å². The summed E-state index contributed by atoms with van der Waals surface area (Å²) in [5, 5.41) is 0.736.